The van der Waals surface area contributed by atoms with Crippen LogP contribution >= 0.6 is 11.6 Å². The Morgan fingerprint density at radius 2 is 1.79 bits per heavy atom. The lowest BCUT2D eigenvalue weighted by atomic mass is 9.99. The van der Waals surface area contributed by atoms with Crippen LogP contribution in [0.1, 0.15) is 54.8 Å². The maximum Gasteiger partial charge on any atom is 0.335 e. The number of aromatic nitrogens is 1. The summed E-state index contributed by atoms with van der Waals surface area (Å²) < 4.78 is 10.9. The molecule has 0 saturated carbocycles. The first-order valence-electron chi connectivity index (χ1n) is 12.2. The zero-order valence-corrected chi connectivity index (χ0v) is 22.7. The Balaban J connectivity index is 1.63. The van der Waals surface area contributed by atoms with Crippen LogP contribution in [0, 0.1) is 0 Å². The van der Waals surface area contributed by atoms with E-state index in [1.807, 2.05) is 24.3 Å². The molecule has 0 radical (unpaired) electrons. The third-order valence-corrected chi connectivity index (χ3v) is 6.01. The second-order valence-corrected chi connectivity index (χ2v) is 10.2. The molecule has 1 aromatic heterocycles. The zero-order valence-electron chi connectivity index (χ0n) is 21.9. The Hall–Kier alpha value is -3.46. The van der Waals surface area contributed by atoms with E-state index in [0.29, 0.717) is 29.4 Å². The molecule has 1 heterocycles. The molecule has 0 aliphatic rings. The van der Waals surface area contributed by atoms with Crippen molar-refractivity contribution in [2.75, 3.05) is 13.7 Å². The second-order valence-electron chi connectivity index (χ2n) is 9.85. The van der Waals surface area contributed by atoms with Crippen molar-refractivity contribution in [1.29, 1.82) is 0 Å². The number of carbonyl (C=O) groups excluding carboxylic acids is 1. The lowest BCUT2D eigenvalue weighted by Crippen LogP contribution is -2.45. The number of aryl methyl sites for hydroxylation is 1. The summed E-state index contributed by atoms with van der Waals surface area (Å²) in [7, 11) is 1.51. The lowest BCUT2D eigenvalue weighted by Gasteiger charge is -2.27. The minimum atomic E-state index is -1.16. The van der Waals surface area contributed by atoms with Crippen LogP contribution in [0.5, 0.6) is 5.75 Å². The molecule has 0 aliphatic carbocycles. The van der Waals surface area contributed by atoms with Crippen LogP contribution in [-0.2, 0) is 16.0 Å². The monoisotopic (exact) mass is 540 g/mol. The van der Waals surface area contributed by atoms with Crippen LogP contribution in [0.4, 0.5) is 0 Å². The molecule has 0 aliphatic heterocycles. The van der Waals surface area contributed by atoms with Gasteiger partial charge in [-0.15, -0.1) is 0 Å². The summed E-state index contributed by atoms with van der Waals surface area (Å²) >= 11 is 5.86. The summed E-state index contributed by atoms with van der Waals surface area (Å²) in [5.41, 5.74) is 2.72. The van der Waals surface area contributed by atoms with E-state index in [1.54, 1.807) is 45.0 Å². The zero-order chi connectivity index (χ0) is 27.9. The minimum absolute atomic E-state index is 0.164. The number of ether oxygens (including phenoxy) is 2. The number of nitrogens with zero attached hydrogens (tertiary/aromatic N) is 1. The predicted molar refractivity (Wildman–Crippen MR) is 146 cm³/mol. The van der Waals surface area contributed by atoms with E-state index >= 15 is 0 Å². The van der Waals surface area contributed by atoms with Gasteiger partial charge >= 0.3 is 11.9 Å². The molecule has 0 saturated heterocycles. The number of halogens is 1. The summed E-state index contributed by atoms with van der Waals surface area (Å²) in [4.78, 5) is 28.1. The third-order valence-electron chi connectivity index (χ3n) is 5.79. The average Bonchev–Trinajstić information content (AvgIpc) is 2.87. The summed E-state index contributed by atoms with van der Waals surface area (Å²) in [6, 6.07) is 14.9. The second kappa shape index (κ2) is 12.9. The van der Waals surface area contributed by atoms with Gasteiger partial charge < -0.3 is 25.0 Å². The van der Waals surface area contributed by atoms with Gasteiger partial charge in [-0.05, 0) is 75.5 Å². The van der Waals surface area contributed by atoms with Crippen LogP contribution < -0.4 is 10.1 Å². The number of methoxy groups -OCH3 is 1. The number of hydrogen-bond acceptors (Lipinski definition) is 7. The van der Waals surface area contributed by atoms with Gasteiger partial charge in [-0.1, -0.05) is 41.9 Å². The summed E-state index contributed by atoms with van der Waals surface area (Å²) in [5.74, 6) is -1.07. The fourth-order valence-corrected chi connectivity index (χ4v) is 4.02. The number of aliphatic hydroxyl groups excluding tert-OH is 1. The highest BCUT2D eigenvalue weighted by Gasteiger charge is 2.32. The van der Waals surface area contributed by atoms with Gasteiger partial charge in [0.25, 0.3) is 0 Å². The fourth-order valence-electron chi connectivity index (χ4n) is 3.91. The summed E-state index contributed by atoms with van der Waals surface area (Å²) in [6.45, 7) is 5.79. The number of carboxylic acids is 1. The van der Waals surface area contributed by atoms with Crippen LogP contribution in [0.25, 0.3) is 11.1 Å². The average molecular weight is 541 g/mol. The highest BCUT2D eigenvalue weighted by molar-refractivity contribution is 6.29. The van der Waals surface area contributed by atoms with Gasteiger partial charge in [0.15, 0.2) is 0 Å². The maximum atomic E-state index is 12.9. The molecule has 0 amide bonds. The molecule has 0 fully saturated rings. The van der Waals surface area contributed by atoms with Gasteiger partial charge in [-0.3, -0.25) is 4.79 Å². The van der Waals surface area contributed by atoms with Crippen molar-refractivity contribution in [3.8, 4) is 16.9 Å². The van der Waals surface area contributed by atoms with Crippen molar-refractivity contribution in [3.05, 3.63) is 82.6 Å². The Morgan fingerprint density at radius 3 is 2.37 bits per heavy atom. The highest BCUT2D eigenvalue weighted by Crippen LogP contribution is 2.31. The van der Waals surface area contributed by atoms with Crippen molar-refractivity contribution < 1.29 is 29.3 Å². The Kier molecular flexibility index (Phi) is 9.85. The van der Waals surface area contributed by atoms with E-state index in [1.165, 1.54) is 19.4 Å². The molecule has 0 spiro atoms. The van der Waals surface area contributed by atoms with E-state index in [9.17, 15) is 19.8 Å². The van der Waals surface area contributed by atoms with Gasteiger partial charge in [0, 0.05) is 17.3 Å². The van der Waals surface area contributed by atoms with Crippen molar-refractivity contribution in [1.82, 2.24) is 10.3 Å². The number of carbonyl (C=O) groups is 2. The maximum absolute atomic E-state index is 12.9. The van der Waals surface area contributed by atoms with E-state index in [2.05, 4.69) is 10.3 Å². The predicted octanol–water partition coefficient (Wildman–Crippen LogP) is 5.07. The first kappa shape index (κ1) is 29.1. The van der Waals surface area contributed by atoms with E-state index in [4.69, 9.17) is 21.1 Å². The Bertz CT molecular complexity index is 1240. The SMILES string of the molecule is COc1cc(C(=O)O)ccc1-c1ccc(CCCNC(C(=O)OC(C)(C)C)[C@H](O)c2ccc(Cl)nc2)cc1. The van der Waals surface area contributed by atoms with Crippen LogP contribution in [-0.4, -0.2) is 52.4 Å². The number of benzene rings is 2. The molecule has 202 valence electrons. The normalized spacial score (nSPS) is 13.0. The van der Waals surface area contributed by atoms with Crippen molar-refractivity contribution >= 4 is 23.5 Å². The van der Waals surface area contributed by atoms with Gasteiger partial charge in [-0.2, -0.15) is 0 Å². The topological polar surface area (TPSA) is 118 Å². The Labute approximate surface area is 227 Å². The van der Waals surface area contributed by atoms with Crippen LogP contribution in [0.2, 0.25) is 5.15 Å². The van der Waals surface area contributed by atoms with Gasteiger partial charge in [-0.25, -0.2) is 9.78 Å². The molecular weight excluding hydrogens is 508 g/mol. The molecule has 3 rings (SSSR count). The minimum Gasteiger partial charge on any atom is -0.496 e. The number of aliphatic hydroxyl groups is 1. The molecule has 38 heavy (non-hydrogen) atoms. The number of esters is 1. The van der Waals surface area contributed by atoms with Crippen LogP contribution in [0.15, 0.2) is 60.8 Å². The number of carboxylic acid groups (broad SMARTS) is 1. The van der Waals surface area contributed by atoms with E-state index in [0.717, 1.165) is 23.1 Å². The summed E-state index contributed by atoms with van der Waals surface area (Å²) in [6.07, 6.45) is 1.73. The van der Waals surface area contributed by atoms with E-state index in [-0.39, 0.29) is 5.56 Å². The number of aromatic carboxylic acids is 1. The number of rotatable bonds is 11. The number of hydrogen-bond donors (Lipinski definition) is 3. The molecule has 2 atom stereocenters. The smallest absolute Gasteiger partial charge is 0.335 e. The molecular formula is C29H33ClN2O6. The number of pyridine rings is 1. The molecule has 1 unspecified atom stereocenters. The van der Waals surface area contributed by atoms with Crippen molar-refractivity contribution in [2.24, 2.45) is 0 Å². The standard InChI is InChI=1S/C29H33ClN2O6/c1-29(2,3)38-28(36)25(26(33)21-12-14-24(30)32-17-21)31-15-5-6-18-7-9-19(10-8-18)22-13-11-20(27(34)35)16-23(22)37-4/h7-14,16-17,25-26,31,33H,5-6,15H2,1-4H3,(H,34,35)/t25?,26-/m1/s1. The molecule has 0 bridgehead atoms. The summed E-state index contributed by atoms with van der Waals surface area (Å²) in [5, 5.41) is 23.5. The van der Waals surface area contributed by atoms with Crippen molar-refractivity contribution in [3.63, 3.8) is 0 Å². The van der Waals surface area contributed by atoms with Crippen LogP contribution in [0.3, 0.4) is 0 Å². The van der Waals surface area contributed by atoms with Gasteiger partial charge in [0.2, 0.25) is 0 Å². The Morgan fingerprint density at radius 1 is 1.08 bits per heavy atom. The molecule has 9 heteroatoms. The van der Waals surface area contributed by atoms with E-state index < -0.39 is 29.7 Å². The fraction of sp³-hybridized carbons (Fsp3) is 0.345. The molecule has 2 aromatic carbocycles. The third kappa shape index (κ3) is 8.02. The molecule has 3 aromatic rings. The lowest BCUT2D eigenvalue weighted by molar-refractivity contribution is -0.160. The quantitative estimate of drug-likeness (QED) is 0.175. The first-order chi connectivity index (χ1) is 18.0. The van der Waals surface area contributed by atoms with Gasteiger partial charge in [0.05, 0.1) is 12.7 Å². The number of nitrogens with one attached hydrogen (secondary N) is 1. The molecule has 8 nitrogen and oxygen atoms in total. The van der Waals surface area contributed by atoms with Crippen molar-refractivity contribution in [2.45, 2.75) is 51.4 Å². The largest absolute Gasteiger partial charge is 0.496 e. The first-order valence-corrected chi connectivity index (χ1v) is 12.6. The highest BCUT2D eigenvalue weighted by atomic mass is 35.5. The molecule has 3 N–H and O–H groups in total. The van der Waals surface area contributed by atoms with Gasteiger partial charge in [0.1, 0.15) is 28.6 Å².